The number of nitrogens with zero attached hydrogens (tertiary/aromatic N) is 2. The molecule has 0 aliphatic carbocycles. The summed E-state index contributed by atoms with van der Waals surface area (Å²) in [7, 11) is 1.32. The number of para-hydroxylation sites is 1. The van der Waals surface area contributed by atoms with Crippen molar-refractivity contribution in [2.75, 3.05) is 7.11 Å². The molecule has 0 bridgehead atoms. The minimum atomic E-state index is -0.760. The average molecular weight is 357 g/mol. The zero-order valence-corrected chi connectivity index (χ0v) is 15.9. The number of amides is 1. The number of hydrogen-bond donors (Lipinski definition) is 1. The van der Waals surface area contributed by atoms with Gasteiger partial charge in [-0.1, -0.05) is 45.0 Å². The number of carbonyl (C=O) groups is 2. The zero-order chi connectivity index (χ0) is 19.3. The summed E-state index contributed by atoms with van der Waals surface area (Å²) in [6, 6.07) is 6.84. The fourth-order valence-corrected chi connectivity index (χ4v) is 2.80. The van der Waals surface area contributed by atoms with Crippen LogP contribution in [0, 0.1) is 5.41 Å². The van der Waals surface area contributed by atoms with Crippen molar-refractivity contribution in [2.45, 2.75) is 46.2 Å². The van der Waals surface area contributed by atoms with E-state index in [0.717, 1.165) is 23.7 Å². The number of aryl methyl sites for hydroxylation is 1. The molecule has 0 fully saturated rings. The molecule has 0 aliphatic heterocycles. The fourth-order valence-electron chi connectivity index (χ4n) is 2.80. The van der Waals surface area contributed by atoms with Crippen LogP contribution in [0.2, 0.25) is 0 Å². The standard InChI is InChI=1S/C20H27N3O3/c1-6-7-10-13-23-15-12-9-8-11-14(15)16(22-23)18(24)21-17(19(25)26-5)20(2,3)4/h6,8-9,11-12,17H,1,7,10,13H2,2-5H3,(H,21,24)/t17-/m0/s1. The second-order valence-corrected chi connectivity index (χ2v) is 7.32. The molecule has 1 aromatic carbocycles. The van der Waals surface area contributed by atoms with Crippen LogP contribution in [-0.2, 0) is 16.1 Å². The molecule has 1 atom stereocenters. The van der Waals surface area contributed by atoms with Crippen LogP contribution in [0.1, 0.15) is 44.1 Å². The largest absolute Gasteiger partial charge is 0.467 e. The lowest BCUT2D eigenvalue weighted by molar-refractivity contribution is -0.145. The normalized spacial score (nSPS) is 12.6. The van der Waals surface area contributed by atoms with Crippen molar-refractivity contribution in [3.63, 3.8) is 0 Å². The molecule has 2 rings (SSSR count). The van der Waals surface area contributed by atoms with Gasteiger partial charge in [0.05, 0.1) is 12.6 Å². The second kappa shape index (κ2) is 8.17. The van der Waals surface area contributed by atoms with E-state index in [1.54, 1.807) is 0 Å². The lowest BCUT2D eigenvalue weighted by atomic mass is 9.86. The molecule has 0 saturated heterocycles. The van der Waals surface area contributed by atoms with Gasteiger partial charge in [0.1, 0.15) is 6.04 Å². The van der Waals surface area contributed by atoms with E-state index in [4.69, 9.17) is 4.74 Å². The van der Waals surface area contributed by atoms with Crippen LogP contribution in [0.5, 0.6) is 0 Å². The van der Waals surface area contributed by atoms with Crippen LogP contribution in [0.15, 0.2) is 36.9 Å². The van der Waals surface area contributed by atoms with Gasteiger partial charge in [-0.15, -0.1) is 6.58 Å². The van der Waals surface area contributed by atoms with Gasteiger partial charge < -0.3 is 10.1 Å². The maximum absolute atomic E-state index is 12.9. The highest BCUT2D eigenvalue weighted by Gasteiger charge is 2.34. The number of benzene rings is 1. The Bertz CT molecular complexity index is 802. The average Bonchev–Trinajstić information content (AvgIpc) is 2.97. The van der Waals surface area contributed by atoms with Crippen molar-refractivity contribution < 1.29 is 14.3 Å². The molecule has 0 saturated carbocycles. The van der Waals surface area contributed by atoms with Crippen LogP contribution < -0.4 is 5.32 Å². The third-order valence-electron chi connectivity index (χ3n) is 4.23. The molecule has 0 radical (unpaired) electrons. The predicted octanol–water partition coefficient (Wildman–Crippen LogP) is 3.32. The molecular weight excluding hydrogens is 330 g/mol. The fraction of sp³-hybridized carbons (Fsp3) is 0.450. The van der Waals surface area contributed by atoms with Crippen LogP contribution in [-0.4, -0.2) is 34.8 Å². The molecular formula is C20H27N3O3. The number of carbonyl (C=O) groups excluding carboxylic acids is 2. The summed E-state index contributed by atoms with van der Waals surface area (Å²) in [4.78, 5) is 25.0. The maximum Gasteiger partial charge on any atom is 0.328 e. The Balaban J connectivity index is 2.34. The van der Waals surface area contributed by atoms with Gasteiger partial charge >= 0.3 is 5.97 Å². The Labute approximate surface area is 154 Å². The molecule has 2 aromatic rings. The van der Waals surface area contributed by atoms with E-state index in [9.17, 15) is 9.59 Å². The summed E-state index contributed by atoms with van der Waals surface area (Å²) in [5.41, 5.74) is 0.731. The highest BCUT2D eigenvalue weighted by atomic mass is 16.5. The number of rotatable bonds is 7. The molecule has 26 heavy (non-hydrogen) atoms. The summed E-state index contributed by atoms with van der Waals surface area (Å²) in [6.45, 7) is 10.1. The molecule has 1 aromatic heterocycles. The van der Waals surface area contributed by atoms with Crippen LogP contribution in [0.4, 0.5) is 0 Å². The summed E-state index contributed by atoms with van der Waals surface area (Å²) in [5.74, 6) is -0.852. The van der Waals surface area contributed by atoms with E-state index in [2.05, 4.69) is 17.0 Å². The van der Waals surface area contributed by atoms with Gasteiger partial charge in [0, 0.05) is 11.9 Å². The van der Waals surface area contributed by atoms with E-state index in [1.807, 2.05) is 55.8 Å². The number of esters is 1. The van der Waals surface area contributed by atoms with Gasteiger partial charge in [0.25, 0.3) is 5.91 Å². The summed E-state index contributed by atoms with van der Waals surface area (Å²) in [5, 5.41) is 8.06. The predicted molar refractivity (Wildman–Crippen MR) is 102 cm³/mol. The Morgan fingerprint density at radius 1 is 1.35 bits per heavy atom. The van der Waals surface area contributed by atoms with Crippen molar-refractivity contribution in [3.05, 3.63) is 42.6 Å². The number of hydrogen-bond acceptors (Lipinski definition) is 4. The van der Waals surface area contributed by atoms with E-state index in [0.29, 0.717) is 12.2 Å². The summed E-state index contributed by atoms with van der Waals surface area (Å²) in [6.07, 6.45) is 3.64. The maximum atomic E-state index is 12.9. The first-order valence-electron chi connectivity index (χ1n) is 8.74. The van der Waals surface area contributed by atoms with Gasteiger partial charge in [-0.25, -0.2) is 4.79 Å². The molecule has 0 aliphatic rings. The molecule has 6 heteroatoms. The number of unbranched alkanes of at least 4 members (excludes halogenated alkanes) is 1. The molecule has 1 N–H and O–H groups in total. The Kier molecular flexibility index (Phi) is 6.18. The van der Waals surface area contributed by atoms with Gasteiger partial charge in [-0.05, 0) is 24.3 Å². The number of aromatic nitrogens is 2. The molecule has 0 unspecified atom stereocenters. The van der Waals surface area contributed by atoms with Crippen molar-refractivity contribution in [2.24, 2.45) is 5.41 Å². The third kappa shape index (κ3) is 4.31. The Hall–Kier alpha value is -2.63. The van der Waals surface area contributed by atoms with Gasteiger partial charge in [-0.2, -0.15) is 5.10 Å². The second-order valence-electron chi connectivity index (χ2n) is 7.32. The lowest BCUT2D eigenvalue weighted by Crippen LogP contribution is -2.49. The smallest absolute Gasteiger partial charge is 0.328 e. The molecule has 6 nitrogen and oxygen atoms in total. The summed E-state index contributed by atoms with van der Waals surface area (Å²) < 4.78 is 6.68. The van der Waals surface area contributed by atoms with Crippen LogP contribution in [0.3, 0.4) is 0 Å². The van der Waals surface area contributed by atoms with E-state index >= 15 is 0 Å². The van der Waals surface area contributed by atoms with Crippen molar-refractivity contribution >= 4 is 22.8 Å². The van der Waals surface area contributed by atoms with Crippen LogP contribution in [0.25, 0.3) is 10.9 Å². The van der Waals surface area contributed by atoms with E-state index in [-0.39, 0.29) is 5.91 Å². The number of allylic oxidation sites excluding steroid dienone is 1. The number of nitrogens with one attached hydrogen (secondary N) is 1. The van der Waals surface area contributed by atoms with Gasteiger partial charge in [0.15, 0.2) is 5.69 Å². The number of methoxy groups -OCH3 is 1. The first kappa shape index (κ1) is 19.7. The highest BCUT2D eigenvalue weighted by Crippen LogP contribution is 2.23. The van der Waals surface area contributed by atoms with Crippen molar-refractivity contribution in [3.8, 4) is 0 Å². The van der Waals surface area contributed by atoms with Gasteiger partial charge in [0.2, 0.25) is 0 Å². The first-order chi connectivity index (χ1) is 12.3. The zero-order valence-electron chi connectivity index (χ0n) is 15.9. The molecule has 1 heterocycles. The SMILES string of the molecule is C=CCCCn1nc(C(=O)N[C@@H](C(=O)OC)C(C)(C)C)c2ccccc21. The summed E-state index contributed by atoms with van der Waals surface area (Å²) >= 11 is 0. The minimum absolute atomic E-state index is 0.317. The Morgan fingerprint density at radius 2 is 2.04 bits per heavy atom. The molecule has 0 spiro atoms. The minimum Gasteiger partial charge on any atom is -0.467 e. The quantitative estimate of drug-likeness (QED) is 0.469. The number of ether oxygens (including phenoxy) is 1. The first-order valence-corrected chi connectivity index (χ1v) is 8.74. The molecule has 1 amide bonds. The highest BCUT2D eigenvalue weighted by molar-refractivity contribution is 6.06. The van der Waals surface area contributed by atoms with E-state index in [1.165, 1.54) is 7.11 Å². The lowest BCUT2D eigenvalue weighted by Gasteiger charge is -2.28. The number of fused-ring (bicyclic) bond motifs is 1. The third-order valence-corrected chi connectivity index (χ3v) is 4.23. The topological polar surface area (TPSA) is 73.2 Å². The van der Waals surface area contributed by atoms with Crippen molar-refractivity contribution in [1.82, 2.24) is 15.1 Å². The van der Waals surface area contributed by atoms with Gasteiger partial charge in [-0.3, -0.25) is 9.48 Å². The van der Waals surface area contributed by atoms with Crippen LogP contribution >= 0.6 is 0 Å². The Morgan fingerprint density at radius 3 is 2.65 bits per heavy atom. The van der Waals surface area contributed by atoms with E-state index < -0.39 is 17.4 Å². The molecule has 140 valence electrons. The van der Waals surface area contributed by atoms with Crippen molar-refractivity contribution in [1.29, 1.82) is 0 Å². The monoisotopic (exact) mass is 357 g/mol.